The maximum Gasteiger partial charge on any atom is 0.195 e. The number of hydrogen-bond donors (Lipinski definition) is 0. The van der Waals surface area contributed by atoms with Crippen molar-refractivity contribution in [1.29, 1.82) is 0 Å². The lowest BCUT2D eigenvalue weighted by atomic mass is 10.0. The van der Waals surface area contributed by atoms with Crippen LogP contribution in [0.25, 0.3) is 0 Å². The molecule has 2 rings (SSSR count). The highest BCUT2D eigenvalue weighted by molar-refractivity contribution is 9.11. The predicted molar refractivity (Wildman–Crippen MR) is 88.9 cm³/mol. The number of hydrogen-bond acceptors (Lipinski definition) is 1. The standard InChI is InChI=1S/C15H11Br3O/c1-8-3-4-10(13(17)5-8)15(19)11-7-12(16)9(2)6-14(11)18/h3-7H,1-2H3. The first-order chi connectivity index (χ1) is 8.90. The number of halogens is 3. The Morgan fingerprint density at radius 2 is 1.47 bits per heavy atom. The van der Waals surface area contributed by atoms with E-state index in [0.29, 0.717) is 11.1 Å². The van der Waals surface area contributed by atoms with E-state index < -0.39 is 0 Å². The molecule has 0 radical (unpaired) electrons. The Morgan fingerprint density at radius 3 is 2.11 bits per heavy atom. The maximum atomic E-state index is 12.6. The van der Waals surface area contributed by atoms with Crippen LogP contribution in [-0.2, 0) is 0 Å². The summed E-state index contributed by atoms with van der Waals surface area (Å²) in [6.07, 6.45) is 0. The minimum absolute atomic E-state index is 0.000509. The summed E-state index contributed by atoms with van der Waals surface area (Å²) >= 11 is 10.4. The summed E-state index contributed by atoms with van der Waals surface area (Å²) in [5.41, 5.74) is 3.53. The molecular weight excluding hydrogens is 436 g/mol. The van der Waals surface area contributed by atoms with Crippen molar-refractivity contribution >= 4 is 53.6 Å². The van der Waals surface area contributed by atoms with Crippen molar-refractivity contribution in [3.8, 4) is 0 Å². The molecule has 0 atom stereocenters. The Balaban J connectivity index is 2.53. The van der Waals surface area contributed by atoms with Crippen LogP contribution >= 0.6 is 47.8 Å². The van der Waals surface area contributed by atoms with Gasteiger partial charge in [-0.3, -0.25) is 4.79 Å². The molecule has 98 valence electrons. The predicted octanol–water partition coefficient (Wildman–Crippen LogP) is 5.82. The zero-order valence-corrected chi connectivity index (χ0v) is 15.2. The third kappa shape index (κ3) is 3.18. The average molecular weight is 447 g/mol. The second-order valence-electron chi connectivity index (χ2n) is 4.39. The van der Waals surface area contributed by atoms with Crippen molar-refractivity contribution in [3.05, 3.63) is 66.0 Å². The van der Waals surface area contributed by atoms with Gasteiger partial charge >= 0.3 is 0 Å². The molecule has 0 aliphatic heterocycles. The molecule has 4 heteroatoms. The van der Waals surface area contributed by atoms with Crippen LogP contribution in [0.2, 0.25) is 0 Å². The molecule has 0 saturated carbocycles. The number of benzene rings is 2. The molecule has 0 aliphatic carbocycles. The van der Waals surface area contributed by atoms with Gasteiger partial charge in [0.1, 0.15) is 0 Å². The van der Waals surface area contributed by atoms with Gasteiger partial charge in [-0.05, 0) is 49.2 Å². The Kier molecular flexibility index (Phi) is 4.64. The first-order valence-electron chi connectivity index (χ1n) is 5.66. The van der Waals surface area contributed by atoms with E-state index in [9.17, 15) is 4.79 Å². The van der Waals surface area contributed by atoms with Gasteiger partial charge in [-0.1, -0.05) is 53.9 Å². The number of ketones is 1. The van der Waals surface area contributed by atoms with Crippen LogP contribution in [0, 0.1) is 13.8 Å². The number of carbonyl (C=O) groups is 1. The van der Waals surface area contributed by atoms with Crippen LogP contribution < -0.4 is 0 Å². The molecule has 0 aliphatic rings. The van der Waals surface area contributed by atoms with Crippen molar-refractivity contribution < 1.29 is 4.79 Å². The zero-order valence-electron chi connectivity index (χ0n) is 10.4. The Morgan fingerprint density at radius 1 is 0.842 bits per heavy atom. The van der Waals surface area contributed by atoms with Crippen LogP contribution in [0.15, 0.2) is 43.7 Å². The lowest BCUT2D eigenvalue weighted by Gasteiger charge is -2.09. The van der Waals surface area contributed by atoms with Crippen LogP contribution in [0.1, 0.15) is 27.0 Å². The lowest BCUT2D eigenvalue weighted by Crippen LogP contribution is -2.04. The van der Waals surface area contributed by atoms with Gasteiger partial charge in [0.2, 0.25) is 0 Å². The van der Waals surface area contributed by atoms with Gasteiger partial charge < -0.3 is 0 Å². The van der Waals surface area contributed by atoms with E-state index in [2.05, 4.69) is 47.8 Å². The minimum atomic E-state index is -0.000509. The largest absolute Gasteiger partial charge is 0.289 e. The van der Waals surface area contributed by atoms with Crippen molar-refractivity contribution in [1.82, 2.24) is 0 Å². The molecule has 0 unspecified atom stereocenters. The van der Waals surface area contributed by atoms with Gasteiger partial charge in [0, 0.05) is 24.5 Å². The minimum Gasteiger partial charge on any atom is -0.289 e. The van der Waals surface area contributed by atoms with Gasteiger partial charge in [0.15, 0.2) is 5.78 Å². The normalized spacial score (nSPS) is 10.6. The summed E-state index contributed by atoms with van der Waals surface area (Å²) in [6, 6.07) is 9.54. The van der Waals surface area contributed by atoms with E-state index in [1.165, 1.54) is 0 Å². The SMILES string of the molecule is Cc1ccc(C(=O)c2cc(Br)c(C)cc2Br)c(Br)c1. The van der Waals surface area contributed by atoms with E-state index in [1.54, 1.807) is 0 Å². The molecule has 0 N–H and O–H groups in total. The molecule has 0 heterocycles. The monoisotopic (exact) mass is 444 g/mol. The van der Waals surface area contributed by atoms with Gasteiger partial charge in [0.05, 0.1) is 0 Å². The highest BCUT2D eigenvalue weighted by Crippen LogP contribution is 2.29. The summed E-state index contributed by atoms with van der Waals surface area (Å²) in [7, 11) is 0. The van der Waals surface area contributed by atoms with Gasteiger partial charge in [-0.25, -0.2) is 0 Å². The third-order valence-electron chi connectivity index (χ3n) is 2.86. The maximum absolute atomic E-state index is 12.6. The summed E-state index contributed by atoms with van der Waals surface area (Å²) in [4.78, 5) is 12.6. The average Bonchev–Trinajstić information content (AvgIpc) is 2.33. The van der Waals surface area contributed by atoms with E-state index in [0.717, 1.165) is 24.5 Å². The first kappa shape index (κ1) is 14.9. The van der Waals surface area contributed by atoms with Crippen molar-refractivity contribution in [2.45, 2.75) is 13.8 Å². The first-order valence-corrected chi connectivity index (χ1v) is 8.04. The fourth-order valence-electron chi connectivity index (χ4n) is 1.77. The van der Waals surface area contributed by atoms with Crippen molar-refractivity contribution in [3.63, 3.8) is 0 Å². The molecule has 0 spiro atoms. The second-order valence-corrected chi connectivity index (χ2v) is 6.96. The lowest BCUT2D eigenvalue weighted by molar-refractivity contribution is 0.103. The molecule has 0 amide bonds. The van der Waals surface area contributed by atoms with E-state index in [-0.39, 0.29) is 5.78 Å². The fraction of sp³-hybridized carbons (Fsp3) is 0.133. The van der Waals surface area contributed by atoms with Gasteiger partial charge in [0.25, 0.3) is 0 Å². The molecule has 0 bridgehead atoms. The molecule has 0 fully saturated rings. The highest BCUT2D eigenvalue weighted by Gasteiger charge is 2.16. The molecule has 2 aromatic carbocycles. The zero-order chi connectivity index (χ0) is 14.2. The van der Waals surface area contributed by atoms with E-state index in [1.807, 2.05) is 44.2 Å². The highest BCUT2D eigenvalue weighted by atomic mass is 79.9. The number of carbonyl (C=O) groups excluding carboxylic acids is 1. The van der Waals surface area contributed by atoms with Crippen LogP contribution in [0.4, 0.5) is 0 Å². The fourth-order valence-corrected chi connectivity index (χ4v) is 3.42. The molecule has 2 aromatic rings. The van der Waals surface area contributed by atoms with Gasteiger partial charge in [-0.15, -0.1) is 0 Å². The van der Waals surface area contributed by atoms with E-state index in [4.69, 9.17) is 0 Å². The van der Waals surface area contributed by atoms with Gasteiger partial charge in [-0.2, -0.15) is 0 Å². The molecule has 1 nitrogen and oxygen atoms in total. The van der Waals surface area contributed by atoms with Crippen LogP contribution in [0.5, 0.6) is 0 Å². The Hall–Kier alpha value is -0.450. The van der Waals surface area contributed by atoms with Crippen LogP contribution in [0.3, 0.4) is 0 Å². The smallest absolute Gasteiger partial charge is 0.195 e. The Labute approximate surface area is 137 Å². The van der Waals surface area contributed by atoms with E-state index >= 15 is 0 Å². The number of rotatable bonds is 2. The summed E-state index contributed by atoms with van der Waals surface area (Å²) in [6.45, 7) is 3.99. The third-order valence-corrected chi connectivity index (χ3v) is 5.03. The van der Waals surface area contributed by atoms with Crippen molar-refractivity contribution in [2.75, 3.05) is 0 Å². The summed E-state index contributed by atoms with van der Waals surface area (Å²) < 4.78 is 2.56. The molecule has 19 heavy (non-hydrogen) atoms. The molecular formula is C15H11Br3O. The molecule has 0 aromatic heterocycles. The summed E-state index contributed by atoms with van der Waals surface area (Å²) in [5.74, 6) is -0.000509. The van der Waals surface area contributed by atoms with Crippen molar-refractivity contribution in [2.24, 2.45) is 0 Å². The Bertz CT molecular complexity index is 663. The summed E-state index contributed by atoms with van der Waals surface area (Å²) in [5, 5.41) is 0. The topological polar surface area (TPSA) is 17.1 Å². The number of aryl methyl sites for hydroxylation is 2. The second kappa shape index (κ2) is 5.90. The van der Waals surface area contributed by atoms with Crippen LogP contribution in [-0.4, -0.2) is 5.78 Å². The molecule has 0 saturated heterocycles. The quantitative estimate of drug-likeness (QED) is 0.531.